The van der Waals surface area contributed by atoms with Crippen LogP contribution in [0.1, 0.15) is 16.8 Å². The second kappa shape index (κ2) is 5.05. The van der Waals surface area contributed by atoms with Gasteiger partial charge in [-0.3, -0.25) is 0 Å². The highest BCUT2D eigenvalue weighted by Gasteiger charge is 2.23. The smallest absolute Gasteiger partial charge is 0.123 e. The van der Waals surface area contributed by atoms with Gasteiger partial charge in [-0.1, -0.05) is 17.7 Å². The molecular formula is C15H19N3O. The van der Waals surface area contributed by atoms with E-state index in [1.807, 2.05) is 6.33 Å². The Morgan fingerprint density at radius 3 is 3.21 bits per heavy atom. The van der Waals surface area contributed by atoms with Gasteiger partial charge in [-0.05, 0) is 25.1 Å². The van der Waals surface area contributed by atoms with Gasteiger partial charge in [0.15, 0.2) is 0 Å². The molecule has 0 bridgehead atoms. The minimum absolute atomic E-state index is 0.205. The number of imidazole rings is 1. The van der Waals surface area contributed by atoms with Crippen LogP contribution >= 0.6 is 0 Å². The van der Waals surface area contributed by atoms with Crippen molar-refractivity contribution in [1.82, 2.24) is 9.55 Å². The van der Waals surface area contributed by atoms with Gasteiger partial charge < -0.3 is 15.0 Å². The van der Waals surface area contributed by atoms with Crippen LogP contribution in [0.15, 0.2) is 30.7 Å². The van der Waals surface area contributed by atoms with E-state index in [0.717, 1.165) is 30.8 Å². The number of nitrogens with two attached hydrogens (primary N) is 1. The molecule has 0 fully saturated rings. The minimum Gasteiger partial charge on any atom is -0.488 e. The fourth-order valence-electron chi connectivity index (χ4n) is 2.57. The van der Waals surface area contributed by atoms with Gasteiger partial charge in [-0.2, -0.15) is 0 Å². The predicted octanol–water partition coefficient (Wildman–Crippen LogP) is 1.70. The fraction of sp³-hybridized carbons (Fsp3) is 0.400. The Morgan fingerprint density at radius 1 is 1.47 bits per heavy atom. The standard InChI is InChI=1S/C15H19N3O/c1-11-2-3-15-12(6-11)7-14(19-15)9-18-8-13(4-5-16)17-10-18/h2-3,6,8,10,14H,4-5,7,9,16H2,1H3. The lowest BCUT2D eigenvalue weighted by atomic mass is 10.1. The average Bonchev–Trinajstić information content (AvgIpc) is 2.96. The summed E-state index contributed by atoms with van der Waals surface area (Å²) in [6, 6.07) is 6.37. The first-order valence-electron chi connectivity index (χ1n) is 6.71. The van der Waals surface area contributed by atoms with E-state index in [0.29, 0.717) is 6.54 Å². The molecule has 0 saturated heterocycles. The van der Waals surface area contributed by atoms with Crippen LogP contribution in [0.3, 0.4) is 0 Å². The summed E-state index contributed by atoms with van der Waals surface area (Å²) in [4.78, 5) is 4.34. The maximum absolute atomic E-state index is 5.96. The second-order valence-electron chi connectivity index (χ2n) is 5.16. The molecule has 2 heterocycles. The number of ether oxygens (including phenoxy) is 1. The first-order valence-corrected chi connectivity index (χ1v) is 6.71. The van der Waals surface area contributed by atoms with E-state index in [1.54, 1.807) is 0 Å². The summed E-state index contributed by atoms with van der Waals surface area (Å²) >= 11 is 0. The number of hydrogen-bond acceptors (Lipinski definition) is 3. The highest BCUT2D eigenvalue weighted by atomic mass is 16.5. The van der Waals surface area contributed by atoms with Gasteiger partial charge in [-0.25, -0.2) is 4.98 Å². The van der Waals surface area contributed by atoms with Gasteiger partial charge in [0.1, 0.15) is 11.9 Å². The highest BCUT2D eigenvalue weighted by molar-refractivity contribution is 5.40. The van der Waals surface area contributed by atoms with E-state index in [1.165, 1.54) is 11.1 Å². The molecule has 4 heteroatoms. The summed E-state index contributed by atoms with van der Waals surface area (Å²) in [5, 5.41) is 0. The van der Waals surface area contributed by atoms with Crippen LogP contribution in [0.4, 0.5) is 0 Å². The third-order valence-corrected chi connectivity index (χ3v) is 3.46. The normalized spacial score (nSPS) is 17.3. The largest absolute Gasteiger partial charge is 0.488 e. The van der Waals surface area contributed by atoms with Gasteiger partial charge in [0.05, 0.1) is 18.6 Å². The number of benzene rings is 1. The summed E-state index contributed by atoms with van der Waals surface area (Å²) in [5.74, 6) is 1.03. The quantitative estimate of drug-likeness (QED) is 0.907. The van der Waals surface area contributed by atoms with Gasteiger partial charge in [0.2, 0.25) is 0 Å². The maximum Gasteiger partial charge on any atom is 0.123 e. The zero-order valence-electron chi connectivity index (χ0n) is 11.2. The molecule has 19 heavy (non-hydrogen) atoms. The first kappa shape index (κ1) is 12.2. The van der Waals surface area contributed by atoms with Crippen molar-refractivity contribution in [3.63, 3.8) is 0 Å². The molecular weight excluding hydrogens is 238 g/mol. The molecule has 1 aliphatic heterocycles. The Bertz CT molecular complexity index is 577. The van der Waals surface area contributed by atoms with Crippen LogP contribution in [0.5, 0.6) is 5.75 Å². The molecule has 2 aromatic rings. The van der Waals surface area contributed by atoms with Crippen LogP contribution in [0.2, 0.25) is 0 Å². The average molecular weight is 257 g/mol. The van der Waals surface area contributed by atoms with E-state index in [9.17, 15) is 0 Å². The summed E-state index contributed by atoms with van der Waals surface area (Å²) in [5.41, 5.74) is 9.18. The van der Waals surface area contributed by atoms with Crippen LogP contribution in [0, 0.1) is 6.92 Å². The van der Waals surface area contributed by atoms with E-state index in [2.05, 4.69) is 40.9 Å². The molecule has 1 aromatic carbocycles. The SMILES string of the molecule is Cc1ccc2c(c1)CC(Cn1cnc(CCN)c1)O2. The van der Waals surface area contributed by atoms with Crippen LogP contribution in [0.25, 0.3) is 0 Å². The van der Waals surface area contributed by atoms with Crippen molar-refractivity contribution < 1.29 is 4.74 Å². The number of aryl methyl sites for hydroxylation is 1. The Balaban J connectivity index is 1.66. The third kappa shape index (κ3) is 2.63. The number of nitrogens with zero attached hydrogens (tertiary/aromatic N) is 2. The van der Waals surface area contributed by atoms with Crippen molar-refractivity contribution in [2.45, 2.75) is 32.4 Å². The Kier molecular flexibility index (Phi) is 3.25. The number of rotatable bonds is 4. The van der Waals surface area contributed by atoms with Crippen LogP contribution in [-0.2, 0) is 19.4 Å². The summed E-state index contributed by atoms with van der Waals surface area (Å²) < 4.78 is 8.05. The van der Waals surface area contributed by atoms with Gasteiger partial charge >= 0.3 is 0 Å². The van der Waals surface area contributed by atoms with E-state index in [4.69, 9.17) is 10.5 Å². The molecule has 0 spiro atoms. The molecule has 1 atom stereocenters. The van der Waals surface area contributed by atoms with Crippen molar-refractivity contribution in [3.8, 4) is 5.75 Å². The molecule has 1 unspecified atom stereocenters. The van der Waals surface area contributed by atoms with Crippen molar-refractivity contribution >= 4 is 0 Å². The number of fused-ring (bicyclic) bond motifs is 1. The van der Waals surface area contributed by atoms with Crippen molar-refractivity contribution in [3.05, 3.63) is 47.5 Å². The lowest BCUT2D eigenvalue weighted by Gasteiger charge is -2.10. The highest BCUT2D eigenvalue weighted by Crippen LogP contribution is 2.30. The fourth-order valence-corrected chi connectivity index (χ4v) is 2.57. The monoisotopic (exact) mass is 257 g/mol. The zero-order valence-corrected chi connectivity index (χ0v) is 11.2. The Labute approximate surface area is 113 Å². The molecule has 3 rings (SSSR count). The molecule has 4 nitrogen and oxygen atoms in total. The summed E-state index contributed by atoms with van der Waals surface area (Å²) in [6.07, 6.45) is 5.93. The minimum atomic E-state index is 0.205. The van der Waals surface area contributed by atoms with Crippen molar-refractivity contribution in [2.75, 3.05) is 6.54 Å². The van der Waals surface area contributed by atoms with Crippen LogP contribution < -0.4 is 10.5 Å². The summed E-state index contributed by atoms with van der Waals surface area (Å²) in [7, 11) is 0. The molecule has 1 aliphatic rings. The van der Waals surface area contributed by atoms with Crippen molar-refractivity contribution in [2.24, 2.45) is 5.73 Å². The molecule has 100 valence electrons. The predicted molar refractivity (Wildman–Crippen MR) is 74.3 cm³/mol. The molecule has 2 N–H and O–H groups in total. The molecule has 0 amide bonds. The number of aromatic nitrogens is 2. The lowest BCUT2D eigenvalue weighted by molar-refractivity contribution is 0.209. The molecule has 1 aromatic heterocycles. The Hall–Kier alpha value is -1.81. The lowest BCUT2D eigenvalue weighted by Crippen LogP contribution is -2.19. The molecule has 0 aliphatic carbocycles. The van der Waals surface area contributed by atoms with Crippen LogP contribution in [-0.4, -0.2) is 22.2 Å². The number of hydrogen-bond donors (Lipinski definition) is 1. The third-order valence-electron chi connectivity index (χ3n) is 3.46. The van der Waals surface area contributed by atoms with Gasteiger partial charge in [-0.15, -0.1) is 0 Å². The van der Waals surface area contributed by atoms with Gasteiger partial charge in [0, 0.05) is 19.0 Å². The molecule has 0 saturated carbocycles. The summed E-state index contributed by atoms with van der Waals surface area (Å²) in [6.45, 7) is 3.59. The maximum atomic E-state index is 5.96. The second-order valence-corrected chi connectivity index (χ2v) is 5.16. The first-order chi connectivity index (χ1) is 9.24. The van der Waals surface area contributed by atoms with E-state index < -0.39 is 0 Å². The molecule has 0 radical (unpaired) electrons. The Morgan fingerprint density at radius 2 is 2.37 bits per heavy atom. The van der Waals surface area contributed by atoms with Crippen molar-refractivity contribution in [1.29, 1.82) is 0 Å². The zero-order chi connectivity index (χ0) is 13.2. The van der Waals surface area contributed by atoms with Gasteiger partial charge in [0.25, 0.3) is 0 Å². The van der Waals surface area contributed by atoms with E-state index >= 15 is 0 Å². The topological polar surface area (TPSA) is 53.1 Å². The van der Waals surface area contributed by atoms with E-state index in [-0.39, 0.29) is 6.10 Å².